The van der Waals surface area contributed by atoms with E-state index in [1.54, 1.807) is 19.1 Å². The van der Waals surface area contributed by atoms with Crippen LogP contribution >= 0.6 is 0 Å². The van der Waals surface area contributed by atoms with Crippen LogP contribution in [0.1, 0.15) is 28.7 Å². The number of halogens is 1. The normalized spacial score (nSPS) is 10.4. The van der Waals surface area contributed by atoms with Gasteiger partial charge in [-0.25, -0.2) is 4.39 Å². The summed E-state index contributed by atoms with van der Waals surface area (Å²) in [5.41, 5.74) is 1.09. The van der Waals surface area contributed by atoms with Crippen molar-refractivity contribution in [2.24, 2.45) is 0 Å². The number of aryl methyl sites for hydroxylation is 2. The highest BCUT2D eigenvalue weighted by molar-refractivity contribution is 6.05. The smallest absolute Gasteiger partial charge is 0.261 e. The maximum Gasteiger partial charge on any atom is 0.261 e. The third-order valence-corrected chi connectivity index (χ3v) is 2.62. The molecular weight excluding hydrogens is 235 g/mol. The maximum atomic E-state index is 13.4. The molecule has 94 valence electrons. The number of rotatable bonds is 3. The van der Waals surface area contributed by atoms with Gasteiger partial charge in [-0.1, -0.05) is 24.2 Å². The van der Waals surface area contributed by atoms with Gasteiger partial charge in [0, 0.05) is 0 Å². The molecule has 1 N–H and O–H groups in total. The van der Waals surface area contributed by atoms with Crippen molar-refractivity contribution in [1.82, 2.24) is 5.16 Å². The summed E-state index contributed by atoms with van der Waals surface area (Å²) in [6, 6.07) is 6.01. The molecule has 1 aromatic carbocycles. The van der Waals surface area contributed by atoms with Gasteiger partial charge >= 0.3 is 0 Å². The molecule has 0 aliphatic carbocycles. The highest BCUT2D eigenvalue weighted by Gasteiger charge is 2.19. The van der Waals surface area contributed by atoms with Crippen molar-refractivity contribution in [2.45, 2.75) is 20.3 Å². The minimum atomic E-state index is -0.474. The zero-order valence-electron chi connectivity index (χ0n) is 10.2. The van der Waals surface area contributed by atoms with Crippen LogP contribution in [0.3, 0.4) is 0 Å². The minimum Gasteiger partial charge on any atom is -0.361 e. The molecule has 4 nitrogen and oxygen atoms in total. The van der Waals surface area contributed by atoms with Gasteiger partial charge in [-0.05, 0) is 25.5 Å². The molecule has 5 heteroatoms. The molecule has 0 atom stereocenters. The average molecular weight is 248 g/mol. The van der Waals surface area contributed by atoms with E-state index < -0.39 is 11.7 Å². The van der Waals surface area contributed by atoms with Gasteiger partial charge in [-0.3, -0.25) is 4.79 Å². The summed E-state index contributed by atoms with van der Waals surface area (Å²) >= 11 is 0. The molecule has 0 fully saturated rings. The first kappa shape index (κ1) is 12.3. The first-order valence-corrected chi connectivity index (χ1v) is 5.64. The van der Waals surface area contributed by atoms with Crippen LogP contribution < -0.4 is 5.32 Å². The first-order chi connectivity index (χ1) is 8.63. The third kappa shape index (κ3) is 2.25. The van der Waals surface area contributed by atoms with E-state index in [0.29, 0.717) is 23.4 Å². The van der Waals surface area contributed by atoms with E-state index in [1.165, 1.54) is 12.1 Å². The Morgan fingerprint density at radius 2 is 2.17 bits per heavy atom. The number of anilines is 1. The van der Waals surface area contributed by atoms with E-state index in [9.17, 15) is 9.18 Å². The van der Waals surface area contributed by atoms with E-state index in [1.807, 2.05) is 6.92 Å². The van der Waals surface area contributed by atoms with Crippen molar-refractivity contribution in [3.8, 4) is 0 Å². The average Bonchev–Trinajstić information content (AvgIpc) is 2.73. The Labute approximate surface area is 104 Å². The predicted molar refractivity (Wildman–Crippen MR) is 65.0 cm³/mol. The predicted octanol–water partition coefficient (Wildman–Crippen LogP) is 2.94. The summed E-state index contributed by atoms with van der Waals surface area (Å²) in [6.45, 7) is 3.53. The Kier molecular flexibility index (Phi) is 3.41. The number of carbonyl (C=O) groups excluding carboxylic acids is 1. The van der Waals surface area contributed by atoms with E-state index in [0.717, 1.165) is 0 Å². The highest BCUT2D eigenvalue weighted by Crippen LogP contribution is 2.18. The second-order valence-corrected chi connectivity index (χ2v) is 3.85. The van der Waals surface area contributed by atoms with Crippen LogP contribution in [0, 0.1) is 12.7 Å². The third-order valence-electron chi connectivity index (χ3n) is 2.62. The monoisotopic (exact) mass is 248 g/mol. The van der Waals surface area contributed by atoms with Crippen LogP contribution in [-0.2, 0) is 6.42 Å². The van der Waals surface area contributed by atoms with Gasteiger partial charge < -0.3 is 9.84 Å². The Balaban J connectivity index is 2.28. The second kappa shape index (κ2) is 5.00. The Hall–Kier alpha value is -2.17. The van der Waals surface area contributed by atoms with Crippen molar-refractivity contribution < 1.29 is 13.7 Å². The number of benzene rings is 1. The number of carbonyl (C=O) groups is 1. The molecule has 2 rings (SSSR count). The van der Waals surface area contributed by atoms with E-state index in [2.05, 4.69) is 10.5 Å². The van der Waals surface area contributed by atoms with Gasteiger partial charge in [0.15, 0.2) is 0 Å². The molecule has 0 unspecified atom stereocenters. The summed E-state index contributed by atoms with van der Waals surface area (Å²) in [6.07, 6.45) is 0.581. The minimum absolute atomic E-state index is 0.144. The summed E-state index contributed by atoms with van der Waals surface area (Å²) < 4.78 is 18.4. The summed E-state index contributed by atoms with van der Waals surface area (Å²) in [5.74, 6) is -0.450. The molecule has 2 aromatic rings. The number of hydrogen-bond donors (Lipinski definition) is 1. The Bertz CT molecular complexity index is 578. The van der Waals surface area contributed by atoms with Gasteiger partial charge in [0.1, 0.15) is 17.1 Å². The fourth-order valence-corrected chi connectivity index (χ4v) is 1.70. The van der Waals surface area contributed by atoms with E-state index >= 15 is 0 Å². The van der Waals surface area contributed by atoms with Crippen LogP contribution in [-0.4, -0.2) is 11.1 Å². The van der Waals surface area contributed by atoms with E-state index in [4.69, 9.17) is 4.52 Å². The summed E-state index contributed by atoms with van der Waals surface area (Å²) in [5, 5.41) is 6.30. The molecule has 0 bridgehead atoms. The SMILES string of the molecule is CCc1noc(C)c1C(=O)Nc1ccccc1F. The quantitative estimate of drug-likeness (QED) is 0.908. The summed E-state index contributed by atoms with van der Waals surface area (Å²) in [7, 11) is 0. The molecule has 18 heavy (non-hydrogen) atoms. The van der Waals surface area contributed by atoms with Crippen LogP contribution in [0.15, 0.2) is 28.8 Å². The molecule has 0 aliphatic rings. The number of para-hydroxylation sites is 1. The van der Waals surface area contributed by atoms with Crippen molar-refractivity contribution >= 4 is 11.6 Å². The Morgan fingerprint density at radius 3 is 2.83 bits per heavy atom. The molecule has 0 saturated carbocycles. The van der Waals surface area contributed by atoms with Gasteiger partial charge in [0.2, 0.25) is 0 Å². The molecule has 1 heterocycles. The van der Waals surface area contributed by atoms with Crippen LogP contribution in [0.5, 0.6) is 0 Å². The lowest BCUT2D eigenvalue weighted by atomic mass is 10.1. The molecule has 0 saturated heterocycles. The number of aromatic nitrogens is 1. The summed E-state index contributed by atoms with van der Waals surface area (Å²) in [4.78, 5) is 12.1. The highest BCUT2D eigenvalue weighted by atomic mass is 19.1. The number of nitrogens with one attached hydrogen (secondary N) is 1. The van der Waals surface area contributed by atoms with Crippen LogP contribution in [0.2, 0.25) is 0 Å². The lowest BCUT2D eigenvalue weighted by Crippen LogP contribution is -2.15. The largest absolute Gasteiger partial charge is 0.361 e. The maximum absolute atomic E-state index is 13.4. The molecule has 0 aliphatic heterocycles. The molecule has 0 spiro atoms. The van der Waals surface area contributed by atoms with Crippen molar-refractivity contribution in [3.05, 3.63) is 47.1 Å². The number of hydrogen-bond acceptors (Lipinski definition) is 3. The van der Waals surface area contributed by atoms with Crippen molar-refractivity contribution in [1.29, 1.82) is 0 Å². The number of amides is 1. The fraction of sp³-hybridized carbons (Fsp3) is 0.231. The van der Waals surface area contributed by atoms with Gasteiger partial charge in [0.25, 0.3) is 5.91 Å². The van der Waals surface area contributed by atoms with E-state index in [-0.39, 0.29) is 5.69 Å². The van der Waals surface area contributed by atoms with Gasteiger partial charge in [-0.2, -0.15) is 0 Å². The van der Waals surface area contributed by atoms with Gasteiger partial charge in [0.05, 0.1) is 11.4 Å². The van der Waals surface area contributed by atoms with Crippen LogP contribution in [0.4, 0.5) is 10.1 Å². The standard InChI is InChI=1S/C13H13FN2O2/c1-3-10-12(8(2)18-16-10)13(17)15-11-7-5-4-6-9(11)14/h4-7H,3H2,1-2H3,(H,15,17). The zero-order valence-corrected chi connectivity index (χ0v) is 10.2. The molecule has 0 radical (unpaired) electrons. The number of nitrogens with zero attached hydrogens (tertiary/aromatic N) is 1. The first-order valence-electron chi connectivity index (χ1n) is 5.64. The molecule has 1 amide bonds. The lowest BCUT2D eigenvalue weighted by molar-refractivity contribution is 0.102. The second-order valence-electron chi connectivity index (χ2n) is 3.85. The topological polar surface area (TPSA) is 55.1 Å². The van der Waals surface area contributed by atoms with Crippen molar-refractivity contribution in [2.75, 3.05) is 5.32 Å². The molecule has 1 aromatic heterocycles. The zero-order chi connectivity index (χ0) is 13.1. The lowest BCUT2D eigenvalue weighted by Gasteiger charge is -2.05. The van der Waals surface area contributed by atoms with Crippen molar-refractivity contribution in [3.63, 3.8) is 0 Å². The van der Waals surface area contributed by atoms with Gasteiger partial charge in [-0.15, -0.1) is 0 Å². The Morgan fingerprint density at radius 1 is 1.44 bits per heavy atom. The van der Waals surface area contributed by atoms with Crippen LogP contribution in [0.25, 0.3) is 0 Å². The molecular formula is C13H13FN2O2. The fourth-order valence-electron chi connectivity index (χ4n) is 1.70.